The molecule has 0 radical (unpaired) electrons. The highest BCUT2D eigenvalue weighted by Gasteiger charge is 2.44. The molecule has 1 spiro atoms. The number of sulfonamides is 1. The molecule has 9 heteroatoms. The number of amides is 1. The van der Waals surface area contributed by atoms with Crippen LogP contribution in [0.1, 0.15) is 87.2 Å². The predicted molar refractivity (Wildman–Crippen MR) is 168 cm³/mol. The molecule has 0 unspecified atom stereocenters. The van der Waals surface area contributed by atoms with Crippen LogP contribution in [-0.4, -0.2) is 51.0 Å². The Hall–Kier alpha value is -2.29. The van der Waals surface area contributed by atoms with E-state index in [1.807, 2.05) is 6.07 Å². The average Bonchev–Trinajstić information content (AvgIpc) is 3.09. The van der Waals surface area contributed by atoms with E-state index in [4.69, 9.17) is 16.3 Å². The van der Waals surface area contributed by atoms with Crippen molar-refractivity contribution in [3.63, 3.8) is 0 Å². The number of anilines is 1. The molecule has 2 aromatic carbocycles. The molecule has 230 valence electrons. The van der Waals surface area contributed by atoms with Gasteiger partial charge in [-0.3, -0.25) is 4.79 Å². The van der Waals surface area contributed by atoms with Crippen LogP contribution >= 0.6 is 11.6 Å². The van der Waals surface area contributed by atoms with Gasteiger partial charge in [-0.1, -0.05) is 37.4 Å². The summed E-state index contributed by atoms with van der Waals surface area (Å²) in [5, 5.41) is 10.3. The Labute approximate surface area is 256 Å². The van der Waals surface area contributed by atoms with Crippen molar-refractivity contribution in [1.29, 1.82) is 0 Å². The maximum Gasteiger partial charge on any atom is 0.264 e. The zero-order valence-electron chi connectivity index (χ0n) is 25.1. The van der Waals surface area contributed by atoms with E-state index in [9.17, 15) is 18.3 Å². The number of benzene rings is 2. The first-order chi connectivity index (χ1) is 20.1. The molecule has 2 aliphatic carbocycles. The van der Waals surface area contributed by atoms with E-state index in [0.717, 1.165) is 75.2 Å². The number of aliphatic hydroxyl groups is 1. The van der Waals surface area contributed by atoms with Crippen LogP contribution in [0.25, 0.3) is 0 Å². The lowest BCUT2D eigenvalue weighted by atomic mass is 9.65. The van der Waals surface area contributed by atoms with E-state index in [1.54, 1.807) is 32.0 Å². The summed E-state index contributed by atoms with van der Waals surface area (Å²) in [6, 6.07) is 11.4. The minimum absolute atomic E-state index is 0.216. The van der Waals surface area contributed by atoms with E-state index in [0.29, 0.717) is 35.7 Å². The second kappa shape index (κ2) is 12.7. The van der Waals surface area contributed by atoms with E-state index < -0.39 is 21.2 Å². The first kappa shape index (κ1) is 31.1. The number of fused-ring (bicyclic) bond motifs is 3. The minimum atomic E-state index is -3.77. The maximum absolute atomic E-state index is 13.1. The van der Waals surface area contributed by atoms with Gasteiger partial charge in [0.25, 0.3) is 5.91 Å². The SMILES string of the molecule is CCCC[C@H](CO)[C@@H]1CC[C@H]1CN1C[C@@]2(CCCc3cc(Cl)ccc32)COc2ccc(C(=O)NS(=O)(=O)C(C)C)cc21. The zero-order chi connectivity index (χ0) is 30.1. The molecule has 3 aliphatic rings. The van der Waals surface area contributed by atoms with Gasteiger partial charge in [-0.2, -0.15) is 0 Å². The molecule has 1 amide bonds. The Morgan fingerprint density at radius 3 is 2.71 bits per heavy atom. The Balaban J connectivity index is 1.50. The van der Waals surface area contributed by atoms with Gasteiger partial charge in [-0.25, -0.2) is 13.1 Å². The van der Waals surface area contributed by atoms with Crippen molar-refractivity contribution >= 4 is 33.2 Å². The highest BCUT2D eigenvalue weighted by atomic mass is 35.5. The first-order valence-electron chi connectivity index (χ1n) is 15.5. The average molecular weight is 617 g/mol. The van der Waals surface area contributed by atoms with Gasteiger partial charge in [-0.15, -0.1) is 0 Å². The quantitative estimate of drug-likeness (QED) is 0.335. The number of halogens is 1. The molecule has 7 nitrogen and oxygen atoms in total. The smallest absolute Gasteiger partial charge is 0.264 e. The van der Waals surface area contributed by atoms with Crippen LogP contribution in [0.4, 0.5) is 5.69 Å². The second-order valence-electron chi connectivity index (χ2n) is 12.9. The number of aliphatic hydroxyl groups excluding tert-OH is 1. The lowest BCUT2D eigenvalue weighted by Gasteiger charge is -2.46. The third kappa shape index (κ3) is 6.31. The van der Waals surface area contributed by atoms with Crippen LogP contribution in [0, 0.1) is 17.8 Å². The standard InChI is InChI=1S/C33H45ClN2O5S/c1-4-5-7-26(19-37)28-12-9-25(28)18-36-20-33(15-6-8-23-16-27(34)11-13-29(23)33)21-41-31-14-10-24(17-30(31)36)32(38)35-42(39,40)22(2)3/h10-11,13-14,16-17,22,25-26,28,37H,4-9,12,15,18-21H2,1-3H3,(H,35,38)/t25-,26+,28+,33-/m0/s1. The van der Waals surface area contributed by atoms with Crippen LogP contribution in [0.5, 0.6) is 5.75 Å². The van der Waals surface area contributed by atoms with Crippen molar-refractivity contribution in [1.82, 2.24) is 4.72 Å². The molecule has 0 aromatic heterocycles. The molecule has 2 aromatic rings. The topological polar surface area (TPSA) is 95.9 Å². The number of hydrogen-bond acceptors (Lipinski definition) is 6. The van der Waals surface area contributed by atoms with Crippen LogP contribution in [0.15, 0.2) is 36.4 Å². The molecule has 4 atom stereocenters. The molecule has 1 fully saturated rings. The van der Waals surface area contributed by atoms with Crippen molar-refractivity contribution in [3.05, 3.63) is 58.1 Å². The van der Waals surface area contributed by atoms with Crippen LogP contribution in [-0.2, 0) is 21.9 Å². The predicted octanol–water partition coefficient (Wildman–Crippen LogP) is 6.11. The normalized spacial score (nSPS) is 24.3. The first-order valence-corrected chi connectivity index (χ1v) is 17.5. The van der Waals surface area contributed by atoms with Crippen molar-refractivity contribution in [3.8, 4) is 5.75 Å². The number of aryl methyl sites for hydroxylation is 1. The number of rotatable bonds is 10. The van der Waals surface area contributed by atoms with Crippen LogP contribution < -0.4 is 14.4 Å². The largest absolute Gasteiger partial charge is 0.490 e. The maximum atomic E-state index is 13.1. The number of carbonyl (C=O) groups is 1. The number of nitrogens with zero attached hydrogens (tertiary/aromatic N) is 1. The summed E-state index contributed by atoms with van der Waals surface area (Å²) in [5.74, 6) is 1.26. The van der Waals surface area contributed by atoms with Gasteiger partial charge < -0.3 is 14.7 Å². The number of ether oxygens (including phenoxy) is 1. The van der Waals surface area contributed by atoms with E-state index in [2.05, 4.69) is 28.7 Å². The Kier molecular flexibility index (Phi) is 9.45. The highest BCUT2D eigenvalue weighted by molar-refractivity contribution is 7.90. The fourth-order valence-electron chi connectivity index (χ4n) is 7.19. The molecule has 0 saturated heterocycles. The van der Waals surface area contributed by atoms with E-state index in [1.165, 1.54) is 11.1 Å². The summed E-state index contributed by atoms with van der Waals surface area (Å²) in [4.78, 5) is 15.5. The number of carbonyl (C=O) groups excluding carboxylic acids is 1. The molecular weight excluding hydrogens is 572 g/mol. The molecule has 1 saturated carbocycles. The van der Waals surface area contributed by atoms with Gasteiger partial charge in [0.15, 0.2) is 0 Å². The molecule has 0 bridgehead atoms. The fourth-order valence-corrected chi connectivity index (χ4v) is 8.00. The Morgan fingerprint density at radius 1 is 1.21 bits per heavy atom. The fraction of sp³-hybridized carbons (Fsp3) is 0.606. The molecule has 1 aliphatic heterocycles. The second-order valence-corrected chi connectivity index (χ2v) is 15.6. The molecule has 42 heavy (non-hydrogen) atoms. The lowest BCUT2D eigenvalue weighted by Crippen LogP contribution is -2.49. The third-order valence-corrected chi connectivity index (χ3v) is 11.8. The van der Waals surface area contributed by atoms with Crippen LogP contribution in [0.2, 0.25) is 5.02 Å². The lowest BCUT2D eigenvalue weighted by molar-refractivity contribution is 0.0578. The van der Waals surface area contributed by atoms with Gasteiger partial charge in [0.1, 0.15) is 5.75 Å². The third-order valence-electron chi connectivity index (χ3n) is 9.85. The summed E-state index contributed by atoms with van der Waals surface area (Å²) < 4.78 is 33.7. The molecular formula is C33H45ClN2O5S. The van der Waals surface area contributed by atoms with Crippen LogP contribution in [0.3, 0.4) is 0 Å². The summed E-state index contributed by atoms with van der Waals surface area (Å²) in [7, 11) is -3.77. The number of nitrogens with one attached hydrogen (secondary N) is 1. The van der Waals surface area contributed by atoms with Gasteiger partial charge >= 0.3 is 0 Å². The van der Waals surface area contributed by atoms with Gasteiger partial charge in [-0.05, 0) is 112 Å². The van der Waals surface area contributed by atoms with Crippen molar-refractivity contribution in [2.75, 3.05) is 31.2 Å². The summed E-state index contributed by atoms with van der Waals surface area (Å²) >= 11 is 6.40. The summed E-state index contributed by atoms with van der Waals surface area (Å²) in [6.45, 7) is 7.54. The summed E-state index contributed by atoms with van der Waals surface area (Å²) in [6.07, 6.45) is 8.52. The minimum Gasteiger partial charge on any atom is -0.490 e. The van der Waals surface area contributed by atoms with Crippen molar-refractivity contribution < 1.29 is 23.1 Å². The zero-order valence-corrected chi connectivity index (χ0v) is 26.6. The highest BCUT2D eigenvalue weighted by Crippen LogP contribution is 2.47. The monoisotopic (exact) mass is 616 g/mol. The molecule has 1 heterocycles. The Morgan fingerprint density at radius 2 is 2.02 bits per heavy atom. The van der Waals surface area contributed by atoms with Crippen molar-refractivity contribution in [2.24, 2.45) is 17.8 Å². The molecule has 2 N–H and O–H groups in total. The van der Waals surface area contributed by atoms with Gasteiger partial charge in [0.2, 0.25) is 10.0 Å². The summed E-state index contributed by atoms with van der Waals surface area (Å²) in [5.41, 5.74) is 3.42. The molecule has 5 rings (SSSR count). The Bertz CT molecular complexity index is 1400. The number of unbranched alkanes of at least 4 members (excludes halogenated alkanes) is 1. The van der Waals surface area contributed by atoms with E-state index in [-0.39, 0.29) is 12.0 Å². The van der Waals surface area contributed by atoms with Crippen molar-refractivity contribution in [2.45, 2.75) is 82.8 Å². The van der Waals surface area contributed by atoms with Gasteiger partial charge in [0.05, 0.1) is 17.5 Å². The van der Waals surface area contributed by atoms with Gasteiger partial charge in [0, 0.05) is 35.7 Å². The van der Waals surface area contributed by atoms with E-state index >= 15 is 0 Å². The number of hydrogen-bond donors (Lipinski definition) is 2.